The molecule has 22 heavy (non-hydrogen) atoms. The average Bonchev–Trinajstić information content (AvgIpc) is 2.78. The molecular weight excluding hydrogens is 278 g/mol. The van der Waals surface area contributed by atoms with Gasteiger partial charge in [0.05, 0.1) is 13.7 Å². The van der Waals surface area contributed by atoms with Gasteiger partial charge < -0.3 is 19.9 Å². The molecule has 2 unspecified atom stereocenters. The predicted molar refractivity (Wildman–Crippen MR) is 88.7 cm³/mol. The van der Waals surface area contributed by atoms with Gasteiger partial charge in [-0.3, -0.25) is 0 Å². The largest absolute Gasteiger partial charge is 0.493 e. The molecule has 2 N–H and O–H groups in total. The summed E-state index contributed by atoms with van der Waals surface area (Å²) in [6.45, 7) is 5.83. The summed E-state index contributed by atoms with van der Waals surface area (Å²) >= 11 is 0. The highest BCUT2D eigenvalue weighted by Crippen LogP contribution is 2.46. The van der Waals surface area contributed by atoms with Gasteiger partial charge in [0.2, 0.25) is 0 Å². The lowest BCUT2D eigenvalue weighted by molar-refractivity contribution is 0.170. The van der Waals surface area contributed by atoms with Crippen LogP contribution >= 0.6 is 0 Å². The van der Waals surface area contributed by atoms with Gasteiger partial charge in [-0.15, -0.1) is 0 Å². The zero-order chi connectivity index (χ0) is 16.2. The van der Waals surface area contributed by atoms with E-state index in [4.69, 9.17) is 19.9 Å². The number of rotatable bonds is 7. The standard InChI is InChI=1S/C18H29NO3/c1-18(2)9-8-14(17(18)19)13-6-7-15(21-4)16(12-13)22-11-5-10-20-3/h6-7,12,14,17H,5,8-11,19H2,1-4H3. The van der Waals surface area contributed by atoms with Crippen LogP contribution in [0.3, 0.4) is 0 Å². The maximum atomic E-state index is 6.46. The van der Waals surface area contributed by atoms with Crippen LogP contribution in [0.5, 0.6) is 11.5 Å². The zero-order valence-electron chi connectivity index (χ0n) is 14.2. The van der Waals surface area contributed by atoms with Gasteiger partial charge >= 0.3 is 0 Å². The third-order valence-electron chi connectivity index (χ3n) is 4.80. The number of hydrogen-bond donors (Lipinski definition) is 1. The van der Waals surface area contributed by atoms with Crippen molar-refractivity contribution in [2.45, 2.75) is 45.1 Å². The molecule has 0 spiro atoms. The third kappa shape index (κ3) is 3.73. The SMILES string of the molecule is COCCCOc1cc(C2CCC(C)(C)C2N)ccc1OC. The first-order valence-corrected chi connectivity index (χ1v) is 8.05. The fourth-order valence-corrected chi connectivity index (χ4v) is 3.21. The minimum atomic E-state index is 0.183. The second-order valence-corrected chi connectivity index (χ2v) is 6.76. The van der Waals surface area contributed by atoms with Crippen LogP contribution in [-0.2, 0) is 4.74 Å². The molecule has 2 rings (SSSR count). The smallest absolute Gasteiger partial charge is 0.161 e. The van der Waals surface area contributed by atoms with Crippen LogP contribution in [0, 0.1) is 5.41 Å². The van der Waals surface area contributed by atoms with Crippen molar-refractivity contribution in [3.05, 3.63) is 23.8 Å². The number of ether oxygens (including phenoxy) is 3. The first kappa shape index (κ1) is 17.1. The maximum Gasteiger partial charge on any atom is 0.161 e. The van der Waals surface area contributed by atoms with E-state index in [0.717, 1.165) is 30.8 Å². The molecule has 1 aromatic rings. The molecule has 0 heterocycles. The van der Waals surface area contributed by atoms with Crippen molar-refractivity contribution in [1.29, 1.82) is 0 Å². The van der Waals surface area contributed by atoms with Gasteiger partial charge in [-0.05, 0) is 41.9 Å². The summed E-state index contributed by atoms with van der Waals surface area (Å²) in [4.78, 5) is 0. The molecule has 0 aromatic heterocycles. The Labute approximate surface area is 133 Å². The quantitative estimate of drug-likeness (QED) is 0.785. The molecule has 0 amide bonds. The lowest BCUT2D eigenvalue weighted by atomic mass is 9.83. The topological polar surface area (TPSA) is 53.7 Å². The molecule has 1 fully saturated rings. The van der Waals surface area contributed by atoms with E-state index in [-0.39, 0.29) is 11.5 Å². The van der Waals surface area contributed by atoms with Crippen LogP contribution in [-0.4, -0.2) is 33.5 Å². The molecule has 0 radical (unpaired) electrons. The normalized spacial score (nSPS) is 23.5. The van der Waals surface area contributed by atoms with Gasteiger partial charge in [0.15, 0.2) is 11.5 Å². The third-order valence-corrected chi connectivity index (χ3v) is 4.80. The molecule has 4 heteroatoms. The average molecular weight is 307 g/mol. The van der Waals surface area contributed by atoms with Crippen LogP contribution in [0.2, 0.25) is 0 Å². The van der Waals surface area contributed by atoms with Crippen LogP contribution in [0.4, 0.5) is 0 Å². The van der Waals surface area contributed by atoms with Crippen molar-refractivity contribution in [1.82, 2.24) is 0 Å². The Morgan fingerprint density at radius 1 is 1.18 bits per heavy atom. The molecule has 1 saturated carbocycles. The molecule has 124 valence electrons. The summed E-state index contributed by atoms with van der Waals surface area (Å²) in [7, 11) is 3.37. The highest BCUT2D eigenvalue weighted by molar-refractivity contribution is 5.44. The summed E-state index contributed by atoms with van der Waals surface area (Å²) < 4.78 is 16.3. The van der Waals surface area contributed by atoms with Crippen molar-refractivity contribution in [3.63, 3.8) is 0 Å². The summed E-state index contributed by atoms with van der Waals surface area (Å²) in [5, 5.41) is 0. The minimum absolute atomic E-state index is 0.183. The van der Waals surface area contributed by atoms with E-state index in [1.54, 1.807) is 14.2 Å². The molecule has 4 nitrogen and oxygen atoms in total. The fourth-order valence-electron chi connectivity index (χ4n) is 3.21. The summed E-state index contributed by atoms with van der Waals surface area (Å²) in [6.07, 6.45) is 3.15. The summed E-state index contributed by atoms with van der Waals surface area (Å²) in [5.74, 6) is 1.96. The Kier molecular flexibility index (Phi) is 5.70. The van der Waals surface area contributed by atoms with Crippen LogP contribution in [0.1, 0.15) is 44.6 Å². The van der Waals surface area contributed by atoms with E-state index >= 15 is 0 Å². The molecular formula is C18H29NO3. The monoisotopic (exact) mass is 307 g/mol. The van der Waals surface area contributed by atoms with Gasteiger partial charge in [0.1, 0.15) is 0 Å². The van der Waals surface area contributed by atoms with Crippen molar-refractivity contribution in [3.8, 4) is 11.5 Å². The van der Waals surface area contributed by atoms with Gasteiger partial charge in [-0.1, -0.05) is 19.9 Å². The Balaban J connectivity index is 2.13. The Morgan fingerprint density at radius 2 is 1.95 bits per heavy atom. The van der Waals surface area contributed by atoms with E-state index in [0.29, 0.717) is 19.1 Å². The molecule has 1 aromatic carbocycles. The predicted octanol–water partition coefficient (Wildman–Crippen LogP) is 3.34. The van der Waals surface area contributed by atoms with Crippen LogP contribution in [0.25, 0.3) is 0 Å². The van der Waals surface area contributed by atoms with Crippen molar-refractivity contribution < 1.29 is 14.2 Å². The Bertz CT molecular complexity index is 487. The molecule has 0 saturated heterocycles. The highest BCUT2D eigenvalue weighted by Gasteiger charge is 2.40. The van der Waals surface area contributed by atoms with E-state index in [1.165, 1.54) is 5.56 Å². The van der Waals surface area contributed by atoms with Crippen molar-refractivity contribution in [2.24, 2.45) is 11.1 Å². The Morgan fingerprint density at radius 3 is 2.55 bits per heavy atom. The lowest BCUT2D eigenvalue weighted by Gasteiger charge is -2.27. The van der Waals surface area contributed by atoms with Gasteiger partial charge in [0.25, 0.3) is 0 Å². The molecule has 2 atom stereocenters. The molecule has 0 aliphatic heterocycles. The molecule has 1 aliphatic carbocycles. The first-order chi connectivity index (χ1) is 10.5. The van der Waals surface area contributed by atoms with Crippen LogP contribution in [0.15, 0.2) is 18.2 Å². The second kappa shape index (κ2) is 7.34. The van der Waals surface area contributed by atoms with Crippen molar-refractivity contribution in [2.75, 3.05) is 27.4 Å². The van der Waals surface area contributed by atoms with E-state index in [9.17, 15) is 0 Å². The Hall–Kier alpha value is -1.26. The van der Waals surface area contributed by atoms with Gasteiger partial charge in [-0.2, -0.15) is 0 Å². The van der Waals surface area contributed by atoms with E-state index in [1.807, 2.05) is 6.07 Å². The van der Waals surface area contributed by atoms with Crippen molar-refractivity contribution >= 4 is 0 Å². The zero-order valence-corrected chi connectivity index (χ0v) is 14.2. The number of hydrogen-bond acceptors (Lipinski definition) is 4. The van der Waals surface area contributed by atoms with E-state index < -0.39 is 0 Å². The lowest BCUT2D eigenvalue weighted by Crippen LogP contribution is -2.35. The maximum absolute atomic E-state index is 6.46. The molecule has 0 bridgehead atoms. The molecule has 1 aliphatic rings. The van der Waals surface area contributed by atoms with E-state index in [2.05, 4.69) is 26.0 Å². The minimum Gasteiger partial charge on any atom is -0.493 e. The number of nitrogens with two attached hydrogens (primary N) is 1. The summed E-state index contributed by atoms with van der Waals surface area (Å²) in [6, 6.07) is 6.38. The highest BCUT2D eigenvalue weighted by atomic mass is 16.5. The number of methoxy groups -OCH3 is 2. The first-order valence-electron chi connectivity index (χ1n) is 8.05. The fraction of sp³-hybridized carbons (Fsp3) is 0.667. The summed E-state index contributed by atoms with van der Waals surface area (Å²) in [5.41, 5.74) is 7.91. The number of benzene rings is 1. The van der Waals surface area contributed by atoms with Crippen LogP contribution < -0.4 is 15.2 Å². The van der Waals surface area contributed by atoms with Gasteiger partial charge in [0, 0.05) is 26.2 Å². The van der Waals surface area contributed by atoms with Gasteiger partial charge in [-0.25, -0.2) is 0 Å². The second-order valence-electron chi connectivity index (χ2n) is 6.76.